The monoisotopic (exact) mass is 696 g/mol. The highest BCUT2D eigenvalue weighted by atomic mass is 32.2. The van der Waals surface area contributed by atoms with Gasteiger partial charge in [-0.25, -0.2) is 4.79 Å². The molecule has 5 fully saturated rings. The molecule has 3 N–H and O–H groups in total. The van der Waals surface area contributed by atoms with Crippen molar-refractivity contribution < 1.29 is 19.4 Å². The molecule has 3 unspecified atom stereocenters. The molecule has 256 valence electrons. The van der Waals surface area contributed by atoms with E-state index in [1.807, 2.05) is 43.3 Å². The van der Waals surface area contributed by atoms with Crippen molar-refractivity contribution in [3.8, 4) is 11.1 Å². The number of nitrogens with one attached hydrogen (secondary N) is 2. The maximum Gasteiger partial charge on any atom is 0.315 e. The average molecular weight is 697 g/mol. The number of aliphatic hydroxyl groups excluding tert-OH is 1. The number of urea groups is 1. The van der Waals surface area contributed by atoms with Crippen LogP contribution in [0.3, 0.4) is 0 Å². The summed E-state index contributed by atoms with van der Waals surface area (Å²) in [4.78, 5) is 13.2. The van der Waals surface area contributed by atoms with Gasteiger partial charge in [0.2, 0.25) is 0 Å². The Morgan fingerprint density at radius 3 is 2.27 bits per heavy atom. The first kappa shape index (κ1) is 32.9. The fraction of sp³-hybridized carbons (Fsp3) is 0.462. The van der Waals surface area contributed by atoms with Crippen molar-refractivity contribution in [1.82, 2.24) is 20.8 Å². The second kappa shape index (κ2) is 14.2. The van der Waals surface area contributed by atoms with E-state index in [4.69, 9.17) is 9.47 Å². The molecule has 4 aliphatic carbocycles. The first-order valence-electron chi connectivity index (χ1n) is 17.6. The zero-order valence-electron chi connectivity index (χ0n) is 27.8. The largest absolute Gasteiger partial charge is 0.392 e. The predicted octanol–water partition coefficient (Wildman–Crippen LogP) is 8.11. The molecule has 4 saturated carbocycles. The zero-order valence-corrected chi connectivity index (χ0v) is 29.5. The van der Waals surface area contributed by atoms with Gasteiger partial charge in [0.05, 0.1) is 18.8 Å². The zero-order chi connectivity index (χ0) is 33.4. The van der Waals surface area contributed by atoms with Crippen molar-refractivity contribution in [2.24, 2.45) is 17.8 Å². The molecule has 49 heavy (non-hydrogen) atoms. The van der Waals surface area contributed by atoms with Crippen LogP contribution in [0.25, 0.3) is 11.1 Å². The van der Waals surface area contributed by atoms with Crippen LogP contribution in [0.2, 0.25) is 0 Å². The smallest absolute Gasteiger partial charge is 0.315 e. The number of aliphatic hydroxyl groups is 1. The lowest BCUT2D eigenvalue weighted by Crippen LogP contribution is -2.61. The van der Waals surface area contributed by atoms with Gasteiger partial charge in [0.15, 0.2) is 10.6 Å². The van der Waals surface area contributed by atoms with Gasteiger partial charge in [-0.15, -0.1) is 10.2 Å². The molecule has 0 radical (unpaired) electrons. The number of benzene rings is 3. The van der Waals surface area contributed by atoms with Crippen molar-refractivity contribution in [3.63, 3.8) is 0 Å². The number of aryl methyl sites for hydroxylation is 1. The second-order valence-electron chi connectivity index (χ2n) is 14.5. The van der Waals surface area contributed by atoms with Gasteiger partial charge in [0.1, 0.15) is 5.01 Å². The molecule has 2 heterocycles. The highest BCUT2D eigenvalue weighted by molar-refractivity contribution is 8.01. The van der Waals surface area contributed by atoms with E-state index in [2.05, 4.69) is 57.2 Å². The standard InChI is InChI=1S/C39H44N4O4S2/c1-24-42-43-38(49-24)48-23-33-17-35(30-8-6-25(22-44)7-9-30)47-36(46-33)31-12-10-29(11-13-31)34-5-3-2-4-32(34)21-40-37(45)41-39-18-26-14-27(19-39)16-28(15-26)20-39/h2-13,26-28,33,35-36,44H,14-23H2,1H3,(H2,40,41,45). The topological polar surface area (TPSA) is 106 Å². The summed E-state index contributed by atoms with van der Waals surface area (Å²) in [6.45, 7) is 2.45. The molecule has 9 rings (SSSR count). The molecule has 10 heteroatoms. The fourth-order valence-corrected chi connectivity index (χ4v) is 10.9. The van der Waals surface area contributed by atoms with Crippen molar-refractivity contribution >= 4 is 29.1 Å². The molecule has 3 atom stereocenters. The highest BCUT2D eigenvalue weighted by Gasteiger charge is 2.51. The fourth-order valence-electron chi connectivity index (χ4n) is 9.02. The number of rotatable bonds is 10. The average Bonchev–Trinajstić information content (AvgIpc) is 3.54. The third-order valence-corrected chi connectivity index (χ3v) is 13.0. The molecule has 0 spiro atoms. The predicted molar refractivity (Wildman–Crippen MR) is 192 cm³/mol. The summed E-state index contributed by atoms with van der Waals surface area (Å²) in [6, 6.07) is 24.6. The van der Waals surface area contributed by atoms with Gasteiger partial charge in [-0.2, -0.15) is 0 Å². The summed E-state index contributed by atoms with van der Waals surface area (Å²) < 4.78 is 14.1. The Hall–Kier alpha value is -3.28. The van der Waals surface area contributed by atoms with E-state index < -0.39 is 6.29 Å². The lowest BCUT2D eigenvalue weighted by atomic mass is 9.53. The molecule has 4 aromatic rings. The maximum atomic E-state index is 13.2. The summed E-state index contributed by atoms with van der Waals surface area (Å²) in [7, 11) is 0. The second-order valence-corrected chi connectivity index (χ2v) is 17.0. The molecule has 4 bridgehead atoms. The van der Waals surface area contributed by atoms with Crippen molar-refractivity contribution in [1.29, 1.82) is 0 Å². The summed E-state index contributed by atoms with van der Waals surface area (Å²) in [5.74, 6) is 3.12. The van der Waals surface area contributed by atoms with Crippen LogP contribution in [0.5, 0.6) is 0 Å². The van der Waals surface area contributed by atoms with E-state index >= 15 is 0 Å². The first-order valence-corrected chi connectivity index (χ1v) is 19.4. The number of hydrogen-bond acceptors (Lipinski definition) is 8. The normalized spacial score (nSPS) is 28.8. The SMILES string of the molecule is Cc1nnc(SCC2CC(c3ccc(CO)cc3)OC(c3ccc(-c4ccccc4CNC(=O)NC45CC6CC(CC(C6)C4)C5)cc3)O2)s1. The van der Waals surface area contributed by atoms with E-state index in [1.165, 1.54) is 19.3 Å². The van der Waals surface area contributed by atoms with E-state index in [-0.39, 0.29) is 30.4 Å². The molecular weight excluding hydrogens is 653 g/mol. The minimum atomic E-state index is -0.530. The van der Waals surface area contributed by atoms with Crippen molar-refractivity contribution in [2.45, 2.75) is 93.4 Å². The first-order chi connectivity index (χ1) is 23.9. The van der Waals surface area contributed by atoms with Crippen LogP contribution >= 0.6 is 23.1 Å². The minimum absolute atomic E-state index is 0.00583. The maximum absolute atomic E-state index is 13.2. The van der Waals surface area contributed by atoms with E-state index in [9.17, 15) is 9.90 Å². The van der Waals surface area contributed by atoms with E-state index in [1.54, 1.807) is 23.1 Å². The lowest BCUT2D eigenvalue weighted by Gasteiger charge is -2.56. The van der Waals surface area contributed by atoms with Crippen LogP contribution in [0.4, 0.5) is 4.79 Å². The van der Waals surface area contributed by atoms with E-state index in [0.717, 1.165) is 85.5 Å². The number of nitrogens with zero attached hydrogens (tertiary/aromatic N) is 2. The summed E-state index contributed by atoms with van der Waals surface area (Å²) >= 11 is 3.26. The van der Waals surface area contributed by atoms with Gasteiger partial charge < -0.3 is 25.2 Å². The third-order valence-electron chi connectivity index (χ3n) is 10.9. The number of amides is 2. The molecule has 5 aliphatic rings. The molecule has 1 saturated heterocycles. The van der Waals surface area contributed by atoms with Gasteiger partial charge in [0.25, 0.3) is 0 Å². The Balaban J connectivity index is 0.947. The molecule has 2 amide bonds. The number of thioether (sulfide) groups is 1. The summed E-state index contributed by atoms with van der Waals surface area (Å²) in [6.07, 6.45) is 7.49. The Bertz CT molecular complexity index is 1730. The van der Waals surface area contributed by atoms with Crippen molar-refractivity contribution in [3.05, 3.63) is 100 Å². The Morgan fingerprint density at radius 1 is 0.898 bits per heavy atom. The van der Waals surface area contributed by atoms with Gasteiger partial charge in [-0.3, -0.25) is 0 Å². The van der Waals surface area contributed by atoms with Gasteiger partial charge in [-0.05, 0) is 91.0 Å². The molecule has 8 nitrogen and oxygen atoms in total. The Labute approximate surface area is 296 Å². The number of hydrogen-bond donors (Lipinski definition) is 3. The minimum Gasteiger partial charge on any atom is -0.392 e. The molecule has 1 aromatic heterocycles. The van der Waals surface area contributed by atoms with Crippen LogP contribution in [0.1, 0.15) is 84.6 Å². The molecule has 3 aromatic carbocycles. The summed E-state index contributed by atoms with van der Waals surface area (Å²) in [5.41, 5.74) is 6.14. The number of carbonyl (C=O) groups is 1. The van der Waals surface area contributed by atoms with Gasteiger partial charge in [-0.1, -0.05) is 95.9 Å². The number of aromatic nitrogens is 2. The number of ether oxygens (including phenoxy) is 2. The Kier molecular flexibility index (Phi) is 9.50. The highest BCUT2D eigenvalue weighted by Crippen LogP contribution is 2.55. The quantitative estimate of drug-likeness (QED) is 0.144. The van der Waals surface area contributed by atoms with Crippen LogP contribution in [-0.4, -0.2) is 38.7 Å². The number of carbonyl (C=O) groups excluding carboxylic acids is 1. The van der Waals surface area contributed by atoms with Crippen LogP contribution in [0, 0.1) is 24.7 Å². The van der Waals surface area contributed by atoms with Gasteiger partial charge in [0, 0.05) is 29.8 Å². The van der Waals surface area contributed by atoms with Crippen LogP contribution < -0.4 is 10.6 Å². The molecule has 1 aliphatic heterocycles. The molecular formula is C39H44N4O4S2. The Morgan fingerprint density at radius 2 is 1.59 bits per heavy atom. The van der Waals surface area contributed by atoms with Crippen molar-refractivity contribution in [2.75, 3.05) is 5.75 Å². The van der Waals surface area contributed by atoms with Crippen LogP contribution in [0.15, 0.2) is 77.1 Å². The third kappa shape index (κ3) is 7.44. The van der Waals surface area contributed by atoms with Gasteiger partial charge >= 0.3 is 6.03 Å². The van der Waals surface area contributed by atoms with E-state index in [0.29, 0.717) is 13.0 Å². The lowest BCUT2D eigenvalue weighted by molar-refractivity contribution is -0.245. The van der Waals surface area contributed by atoms with Crippen LogP contribution in [-0.2, 0) is 22.6 Å². The summed E-state index contributed by atoms with van der Waals surface area (Å²) in [5, 5.41) is 25.6.